The Kier molecular flexibility index (Phi) is 5.99. The fourth-order valence-corrected chi connectivity index (χ4v) is 3.31. The van der Waals surface area contributed by atoms with Crippen LogP contribution in [0.25, 0.3) is 0 Å². The minimum absolute atomic E-state index is 0.227. The highest BCUT2D eigenvalue weighted by molar-refractivity contribution is 7.80. The molecule has 0 spiro atoms. The Morgan fingerprint density at radius 2 is 1.78 bits per heavy atom. The molecule has 0 fully saturated rings. The van der Waals surface area contributed by atoms with Crippen LogP contribution in [0.15, 0.2) is 42.5 Å². The van der Waals surface area contributed by atoms with E-state index in [1.807, 2.05) is 32.0 Å². The molecule has 140 valence electrons. The summed E-state index contributed by atoms with van der Waals surface area (Å²) in [7, 11) is 0. The van der Waals surface area contributed by atoms with E-state index in [4.69, 9.17) is 35.4 Å². The van der Waals surface area contributed by atoms with Gasteiger partial charge < -0.3 is 10.6 Å². The third kappa shape index (κ3) is 4.40. The van der Waals surface area contributed by atoms with Crippen LogP contribution in [-0.4, -0.2) is 14.9 Å². The van der Waals surface area contributed by atoms with E-state index < -0.39 is 0 Å². The molecule has 2 N–H and O–H groups in total. The Labute approximate surface area is 172 Å². The zero-order valence-electron chi connectivity index (χ0n) is 14.7. The van der Waals surface area contributed by atoms with Crippen molar-refractivity contribution in [3.8, 4) is 0 Å². The number of rotatable bonds is 4. The molecule has 1 heterocycles. The summed E-state index contributed by atoms with van der Waals surface area (Å²) in [5.41, 5.74) is 3.41. The van der Waals surface area contributed by atoms with Crippen LogP contribution in [-0.2, 0) is 6.54 Å². The van der Waals surface area contributed by atoms with Crippen LogP contribution in [0, 0.1) is 19.7 Å². The van der Waals surface area contributed by atoms with Crippen molar-refractivity contribution in [1.82, 2.24) is 9.78 Å². The van der Waals surface area contributed by atoms with E-state index in [9.17, 15) is 4.39 Å². The molecular weight excluding hydrogens is 406 g/mol. The molecule has 2 aromatic carbocycles. The monoisotopic (exact) mass is 422 g/mol. The lowest BCUT2D eigenvalue weighted by Crippen LogP contribution is -2.20. The molecule has 0 saturated carbocycles. The zero-order valence-corrected chi connectivity index (χ0v) is 17.0. The van der Waals surface area contributed by atoms with E-state index in [1.165, 1.54) is 6.07 Å². The van der Waals surface area contributed by atoms with E-state index >= 15 is 0 Å². The molecule has 0 aliphatic rings. The highest BCUT2D eigenvalue weighted by Crippen LogP contribution is 2.25. The van der Waals surface area contributed by atoms with Gasteiger partial charge in [0.2, 0.25) is 0 Å². The molecule has 27 heavy (non-hydrogen) atoms. The van der Waals surface area contributed by atoms with Gasteiger partial charge in [-0.25, -0.2) is 4.39 Å². The fourth-order valence-electron chi connectivity index (χ4n) is 2.69. The molecule has 4 nitrogen and oxygen atoms in total. The number of halogens is 3. The molecule has 8 heteroatoms. The minimum atomic E-state index is -0.361. The summed E-state index contributed by atoms with van der Waals surface area (Å²) in [6.45, 7) is 3.96. The van der Waals surface area contributed by atoms with Crippen molar-refractivity contribution in [2.45, 2.75) is 20.4 Å². The van der Waals surface area contributed by atoms with E-state index in [0.717, 1.165) is 17.1 Å². The zero-order chi connectivity index (χ0) is 19.6. The summed E-state index contributed by atoms with van der Waals surface area (Å²) in [6, 6.07) is 11.9. The summed E-state index contributed by atoms with van der Waals surface area (Å²) >= 11 is 17.6. The Bertz CT molecular complexity index is 983. The van der Waals surface area contributed by atoms with Gasteiger partial charge >= 0.3 is 0 Å². The number of nitrogens with one attached hydrogen (secondary N) is 2. The first-order valence-corrected chi connectivity index (χ1v) is 9.32. The van der Waals surface area contributed by atoms with Gasteiger partial charge in [0.15, 0.2) is 5.11 Å². The highest BCUT2D eigenvalue weighted by atomic mass is 35.5. The van der Waals surface area contributed by atoms with Crippen molar-refractivity contribution in [2.24, 2.45) is 0 Å². The van der Waals surface area contributed by atoms with Gasteiger partial charge in [-0.3, -0.25) is 4.68 Å². The molecule has 0 unspecified atom stereocenters. The van der Waals surface area contributed by atoms with Crippen molar-refractivity contribution in [2.75, 3.05) is 10.6 Å². The van der Waals surface area contributed by atoms with E-state index in [-0.39, 0.29) is 12.4 Å². The second-order valence-corrected chi connectivity index (χ2v) is 7.19. The molecule has 0 saturated heterocycles. The Morgan fingerprint density at radius 3 is 2.48 bits per heavy atom. The van der Waals surface area contributed by atoms with Crippen LogP contribution in [0.1, 0.15) is 17.0 Å². The third-order valence-corrected chi connectivity index (χ3v) is 5.00. The first kappa shape index (κ1) is 19.6. The first-order chi connectivity index (χ1) is 12.9. The maximum absolute atomic E-state index is 14.1. The number of aryl methyl sites for hydroxylation is 1. The smallest absolute Gasteiger partial charge is 0.175 e. The summed E-state index contributed by atoms with van der Waals surface area (Å²) in [5.74, 6) is -0.361. The summed E-state index contributed by atoms with van der Waals surface area (Å²) in [4.78, 5) is 0. The fraction of sp³-hybridized carbons (Fsp3) is 0.158. The molecular formula is C19H17Cl2FN4S. The van der Waals surface area contributed by atoms with Gasteiger partial charge in [0, 0.05) is 10.6 Å². The van der Waals surface area contributed by atoms with Gasteiger partial charge in [0.05, 0.1) is 34.3 Å². The van der Waals surface area contributed by atoms with Gasteiger partial charge in [-0.05, 0) is 50.3 Å². The highest BCUT2D eigenvalue weighted by Gasteiger charge is 2.16. The molecule has 1 aromatic heterocycles. The van der Waals surface area contributed by atoms with Gasteiger partial charge in [-0.1, -0.05) is 41.4 Å². The van der Waals surface area contributed by atoms with E-state index in [2.05, 4.69) is 15.7 Å². The second kappa shape index (κ2) is 8.25. The van der Waals surface area contributed by atoms with Crippen LogP contribution in [0.5, 0.6) is 0 Å². The number of nitrogens with zero attached hydrogens (tertiary/aromatic N) is 2. The Hall–Kier alpha value is -2.15. The summed E-state index contributed by atoms with van der Waals surface area (Å²) < 4.78 is 15.8. The predicted molar refractivity (Wildman–Crippen MR) is 114 cm³/mol. The number of hydrogen-bond acceptors (Lipinski definition) is 2. The lowest BCUT2D eigenvalue weighted by Gasteiger charge is -2.12. The van der Waals surface area contributed by atoms with E-state index in [0.29, 0.717) is 26.4 Å². The number of aromatic nitrogens is 2. The van der Waals surface area contributed by atoms with Crippen molar-refractivity contribution in [1.29, 1.82) is 0 Å². The molecule has 0 atom stereocenters. The standard InChI is InChI=1S/C19H17Cl2FN4S/c1-11-18(24-19(27)23-17-9-4-3-6-15(17)21)12(2)26(25-11)10-13-14(20)7-5-8-16(13)22/h3-9H,10H2,1-2H3,(H2,23,24,27). The molecule has 0 bridgehead atoms. The molecule has 3 aromatic rings. The normalized spacial score (nSPS) is 10.7. The lowest BCUT2D eigenvalue weighted by molar-refractivity contribution is 0.579. The minimum Gasteiger partial charge on any atom is -0.331 e. The molecule has 0 amide bonds. The Morgan fingerprint density at radius 1 is 1.07 bits per heavy atom. The predicted octanol–water partition coefficient (Wildman–Crippen LogP) is 5.80. The number of thiocarbonyl (C=S) groups is 1. The average Bonchev–Trinajstić information content (AvgIpc) is 2.88. The third-order valence-electron chi connectivity index (χ3n) is 4.11. The van der Waals surface area contributed by atoms with Crippen LogP contribution < -0.4 is 10.6 Å². The van der Waals surface area contributed by atoms with Crippen LogP contribution >= 0.6 is 35.4 Å². The van der Waals surface area contributed by atoms with E-state index in [1.54, 1.807) is 22.9 Å². The maximum atomic E-state index is 14.1. The topological polar surface area (TPSA) is 41.9 Å². The number of hydrogen-bond donors (Lipinski definition) is 2. The Balaban J connectivity index is 1.80. The van der Waals surface area contributed by atoms with Crippen LogP contribution in [0.2, 0.25) is 10.0 Å². The number of anilines is 2. The number of benzene rings is 2. The lowest BCUT2D eigenvalue weighted by atomic mass is 10.2. The van der Waals surface area contributed by atoms with Gasteiger partial charge in [-0.15, -0.1) is 0 Å². The molecule has 0 aliphatic heterocycles. The van der Waals surface area contributed by atoms with Crippen molar-refractivity contribution in [3.05, 3.63) is 75.3 Å². The SMILES string of the molecule is Cc1nn(Cc2c(F)cccc2Cl)c(C)c1NC(=S)Nc1ccccc1Cl. The quantitative estimate of drug-likeness (QED) is 0.521. The first-order valence-electron chi connectivity index (χ1n) is 8.16. The molecule has 0 aliphatic carbocycles. The van der Waals surface area contributed by atoms with Gasteiger partial charge in [0.1, 0.15) is 5.82 Å². The molecule has 0 radical (unpaired) electrons. The summed E-state index contributed by atoms with van der Waals surface area (Å²) in [5, 5.41) is 12.0. The van der Waals surface area contributed by atoms with Gasteiger partial charge in [0.25, 0.3) is 0 Å². The van der Waals surface area contributed by atoms with Crippen molar-refractivity contribution < 1.29 is 4.39 Å². The van der Waals surface area contributed by atoms with Crippen molar-refractivity contribution >= 4 is 51.9 Å². The largest absolute Gasteiger partial charge is 0.331 e. The van der Waals surface area contributed by atoms with Crippen LogP contribution in [0.3, 0.4) is 0 Å². The van der Waals surface area contributed by atoms with Crippen molar-refractivity contribution in [3.63, 3.8) is 0 Å². The second-order valence-electron chi connectivity index (χ2n) is 5.96. The summed E-state index contributed by atoms with van der Waals surface area (Å²) in [6.07, 6.45) is 0. The van der Waals surface area contributed by atoms with Gasteiger partial charge in [-0.2, -0.15) is 5.10 Å². The number of para-hydroxylation sites is 1. The van der Waals surface area contributed by atoms with Crippen LogP contribution in [0.4, 0.5) is 15.8 Å². The maximum Gasteiger partial charge on any atom is 0.175 e. The molecule has 3 rings (SSSR count). The average molecular weight is 423 g/mol.